The highest BCUT2D eigenvalue weighted by molar-refractivity contribution is 9.10. The third-order valence-electron chi connectivity index (χ3n) is 1.78. The van der Waals surface area contributed by atoms with E-state index in [0.29, 0.717) is 12.3 Å². The molecule has 4 nitrogen and oxygen atoms in total. The summed E-state index contributed by atoms with van der Waals surface area (Å²) in [6.45, 7) is 5.86. The number of hydrogen-bond donors (Lipinski definition) is 2. The largest absolute Gasteiger partial charge is 0.449 e. The molecule has 0 aromatic heterocycles. The summed E-state index contributed by atoms with van der Waals surface area (Å²) < 4.78 is 5.67. The lowest BCUT2D eigenvalue weighted by atomic mass is 10.2. The number of amides is 1. The quantitative estimate of drug-likeness (QED) is 0.836. The van der Waals surface area contributed by atoms with Gasteiger partial charge in [-0.05, 0) is 24.6 Å². The minimum Gasteiger partial charge on any atom is -0.449 e. The molecule has 0 saturated heterocycles. The van der Waals surface area contributed by atoms with Crippen LogP contribution in [0.4, 0.5) is 4.79 Å². The van der Waals surface area contributed by atoms with Crippen LogP contribution in [-0.2, 0) is 4.74 Å². The molecule has 86 valence electrons. The van der Waals surface area contributed by atoms with Gasteiger partial charge < -0.3 is 4.74 Å². The first kappa shape index (κ1) is 12.6. The summed E-state index contributed by atoms with van der Waals surface area (Å²) in [5.41, 5.74) is 6.53. The van der Waals surface area contributed by atoms with Crippen LogP contribution in [0.2, 0.25) is 0 Å². The molecule has 5 heteroatoms. The van der Waals surface area contributed by atoms with Crippen molar-refractivity contribution in [1.29, 1.82) is 0 Å². The van der Waals surface area contributed by atoms with E-state index in [-0.39, 0.29) is 0 Å². The van der Waals surface area contributed by atoms with E-state index < -0.39 is 6.09 Å². The molecule has 0 heterocycles. The predicted octanol–water partition coefficient (Wildman–Crippen LogP) is 2.67. The summed E-state index contributed by atoms with van der Waals surface area (Å²) in [7, 11) is 0. The third-order valence-corrected chi connectivity index (χ3v) is 2.31. The highest BCUT2D eigenvalue weighted by atomic mass is 79.9. The summed E-state index contributed by atoms with van der Waals surface area (Å²) in [5, 5.41) is 0. The van der Waals surface area contributed by atoms with Gasteiger partial charge in [0.1, 0.15) is 0 Å². The lowest BCUT2D eigenvalue weighted by molar-refractivity contribution is 0.149. The summed E-state index contributed by atoms with van der Waals surface area (Å²) in [6, 6.07) is 7.55. The average Bonchev–Trinajstić information content (AvgIpc) is 2.27. The first-order valence-electron chi connectivity index (χ1n) is 4.77. The standard InChI is InChI=1S/C11H13BrN2O2/c1-3-16-11(15)14-13-8(2)9-4-6-10(12)7-5-9/h4-7,13H,2-3H2,1H3,(H,14,15). The van der Waals surface area contributed by atoms with Gasteiger partial charge in [-0.2, -0.15) is 0 Å². The maximum atomic E-state index is 11.0. The van der Waals surface area contributed by atoms with Crippen LogP contribution in [0.3, 0.4) is 0 Å². The molecule has 0 aliphatic rings. The molecule has 0 bridgehead atoms. The van der Waals surface area contributed by atoms with Crippen molar-refractivity contribution in [2.45, 2.75) is 6.92 Å². The van der Waals surface area contributed by atoms with Crippen LogP contribution in [-0.4, -0.2) is 12.7 Å². The highest BCUT2D eigenvalue weighted by Gasteiger charge is 2.01. The Morgan fingerprint density at radius 3 is 2.56 bits per heavy atom. The Bertz CT molecular complexity index is 376. The maximum absolute atomic E-state index is 11.0. The number of benzene rings is 1. The van der Waals surface area contributed by atoms with Crippen LogP contribution < -0.4 is 10.9 Å². The van der Waals surface area contributed by atoms with Gasteiger partial charge in [-0.25, -0.2) is 10.2 Å². The van der Waals surface area contributed by atoms with Gasteiger partial charge in [0, 0.05) is 4.47 Å². The monoisotopic (exact) mass is 284 g/mol. The van der Waals surface area contributed by atoms with Crippen LogP contribution >= 0.6 is 15.9 Å². The second-order valence-corrected chi connectivity index (χ2v) is 3.87. The van der Waals surface area contributed by atoms with E-state index in [1.165, 1.54) is 0 Å². The number of hydrogen-bond acceptors (Lipinski definition) is 3. The zero-order valence-corrected chi connectivity index (χ0v) is 10.5. The Labute approximate surface area is 103 Å². The molecule has 1 amide bonds. The Kier molecular flexibility index (Phi) is 4.85. The second-order valence-electron chi connectivity index (χ2n) is 2.96. The van der Waals surface area contributed by atoms with Gasteiger partial charge in [0.25, 0.3) is 0 Å². The number of carbonyl (C=O) groups excluding carboxylic acids is 1. The molecule has 0 atom stereocenters. The Hall–Kier alpha value is -1.49. The number of halogens is 1. The number of hydrazine groups is 1. The summed E-state index contributed by atoms with van der Waals surface area (Å²) in [6.07, 6.45) is -0.527. The SMILES string of the molecule is C=C(NNC(=O)OCC)c1ccc(Br)cc1. The van der Waals surface area contributed by atoms with Gasteiger partial charge >= 0.3 is 6.09 Å². The summed E-state index contributed by atoms with van der Waals surface area (Å²) in [4.78, 5) is 11.0. The van der Waals surface area contributed by atoms with Crippen molar-refractivity contribution in [2.24, 2.45) is 0 Å². The molecule has 2 N–H and O–H groups in total. The Morgan fingerprint density at radius 2 is 2.00 bits per heavy atom. The molecule has 0 unspecified atom stereocenters. The Balaban J connectivity index is 2.47. The minimum absolute atomic E-state index is 0.332. The van der Waals surface area contributed by atoms with E-state index in [2.05, 4.69) is 38.1 Å². The smallest absolute Gasteiger partial charge is 0.425 e. The molecule has 1 rings (SSSR count). The molecular formula is C11H13BrN2O2. The minimum atomic E-state index is -0.527. The topological polar surface area (TPSA) is 50.4 Å². The van der Waals surface area contributed by atoms with Crippen molar-refractivity contribution < 1.29 is 9.53 Å². The Morgan fingerprint density at radius 1 is 1.38 bits per heavy atom. The predicted molar refractivity (Wildman–Crippen MR) is 66.5 cm³/mol. The second kappa shape index (κ2) is 6.17. The fourth-order valence-corrected chi connectivity index (χ4v) is 1.28. The van der Waals surface area contributed by atoms with Crippen LogP contribution in [0.25, 0.3) is 5.70 Å². The van der Waals surface area contributed by atoms with Gasteiger partial charge in [0.05, 0.1) is 12.3 Å². The van der Waals surface area contributed by atoms with Gasteiger partial charge in [-0.3, -0.25) is 5.43 Å². The van der Waals surface area contributed by atoms with Crippen molar-refractivity contribution in [3.8, 4) is 0 Å². The number of ether oxygens (including phenoxy) is 1. The van der Waals surface area contributed by atoms with Gasteiger partial charge in [0.15, 0.2) is 0 Å². The molecule has 0 saturated carbocycles. The van der Waals surface area contributed by atoms with Crippen molar-refractivity contribution >= 4 is 27.7 Å². The number of carbonyl (C=O) groups is 1. The molecule has 1 aromatic carbocycles. The normalized spacial score (nSPS) is 9.38. The van der Waals surface area contributed by atoms with E-state index in [1.54, 1.807) is 6.92 Å². The van der Waals surface area contributed by atoms with Crippen LogP contribution in [0.1, 0.15) is 12.5 Å². The molecule has 0 fully saturated rings. The van der Waals surface area contributed by atoms with Gasteiger partial charge in [0.2, 0.25) is 0 Å². The average molecular weight is 285 g/mol. The third kappa shape index (κ3) is 3.94. The van der Waals surface area contributed by atoms with Crippen molar-refractivity contribution in [1.82, 2.24) is 10.9 Å². The van der Waals surface area contributed by atoms with Crippen LogP contribution in [0.15, 0.2) is 35.3 Å². The molecule has 0 aliphatic carbocycles. The maximum Gasteiger partial charge on any atom is 0.425 e. The number of nitrogens with one attached hydrogen (secondary N) is 2. The molecule has 16 heavy (non-hydrogen) atoms. The van der Waals surface area contributed by atoms with Crippen molar-refractivity contribution in [3.63, 3.8) is 0 Å². The lowest BCUT2D eigenvalue weighted by Crippen LogP contribution is -2.36. The van der Waals surface area contributed by atoms with E-state index >= 15 is 0 Å². The zero-order valence-electron chi connectivity index (χ0n) is 8.92. The molecular weight excluding hydrogens is 272 g/mol. The fraction of sp³-hybridized carbons (Fsp3) is 0.182. The van der Waals surface area contributed by atoms with Crippen molar-refractivity contribution in [3.05, 3.63) is 40.9 Å². The van der Waals surface area contributed by atoms with Gasteiger partial charge in [-0.1, -0.05) is 34.6 Å². The van der Waals surface area contributed by atoms with E-state index in [9.17, 15) is 4.79 Å². The summed E-state index contributed by atoms with van der Waals surface area (Å²) >= 11 is 3.34. The van der Waals surface area contributed by atoms with Crippen molar-refractivity contribution in [2.75, 3.05) is 6.61 Å². The molecule has 0 spiro atoms. The first-order valence-corrected chi connectivity index (χ1v) is 5.56. The number of rotatable bonds is 4. The van der Waals surface area contributed by atoms with Crippen LogP contribution in [0.5, 0.6) is 0 Å². The van der Waals surface area contributed by atoms with Gasteiger partial charge in [-0.15, -0.1) is 0 Å². The molecule has 0 aliphatic heterocycles. The fourth-order valence-electron chi connectivity index (χ4n) is 1.02. The zero-order chi connectivity index (χ0) is 12.0. The lowest BCUT2D eigenvalue weighted by Gasteiger charge is -2.10. The highest BCUT2D eigenvalue weighted by Crippen LogP contribution is 2.14. The molecule has 1 aromatic rings. The summed E-state index contributed by atoms with van der Waals surface area (Å²) in [5.74, 6) is 0. The van der Waals surface area contributed by atoms with Crippen LogP contribution in [0, 0.1) is 0 Å². The first-order chi connectivity index (χ1) is 7.63. The van der Waals surface area contributed by atoms with E-state index in [0.717, 1.165) is 10.0 Å². The van der Waals surface area contributed by atoms with E-state index in [4.69, 9.17) is 0 Å². The van der Waals surface area contributed by atoms with E-state index in [1.807, 2.05) is 24.3 Å². The molecule has 0 radical (unpaired) electrons.